The lowest BCUT2D eigenvalue weighted by Crippen LogP contribution is -2.20. The Bertz CT molecular complexity index is 491. The molecule has 1 aromatic carbocycles. The Labute approximate surface area is 138 Å². The highest BCUT2D eigenvalue weighted by Gasteiger charge is 2.17. The summed E-state index contributed by atoms with van der Waals surface area (Å²) in [7, 11) is 0. The molecule has 0 saturated heterocycles. The van der Waals surface area contributed by atoms with E-state index >= 15 is 0 Å². The van der Waals surface area contributed by atoms with Crippen LogP contribution in [0.3, 0.4) is 0 Å². The zero-order valence-corrected chi connectivity index (χ0v) is 14.4. The van der Waals surface area contributed by atoms with Crippen molar-refractivity contribution < 1.29 is 19.4 Å². The molecule has 4 heteroatoms. The summed E-state index contributed by atoms with van der Waals surface area (Å²) in [5.74, 6) is -0.907. The van der Waals surface area contributed by atoms with Crippen molar-refractivity contribution in [2.24, 2.45) is 5.92 Å². The van der Waals surface area contributed by atoms with Crippen LogP contribution in [0.15, 0.2) is 24.3 Å². The number of rotatable bonds is 10. The van der Waals surface area contributed by atoms with Gasteiger partial charge in [0.25, 0.3) is 0 Å². The van der Waals surface area contributed by atoms with Gasteiger partial charge in [-0.25, -0.2) is 9.59 Å². The van der Waals surface area contributed by atoms with Gasteiger partial charge in [0.1, 0.15) is 6.10 Å². The Morgan fingerprint density at radius 3 is 2.17 bits per heavy atom. The second-order valence-corrected chi connectivity index (χ2v) is 6.39. The number of ether oxygens (including phenoxy) is 1. The fourth-order valence-corrected chi connectivity index (χ4v) is 2.52. The summed E-state index contributed by atoms with van der Waals surface area (Å²) in [5.41, 5.74) is 0.567. The molecule has 0 aliphatic heterocycles. The number of hydrogen-bond acceptors (Lipinski definition) is 3. The first kappa shape index (κ1) is 19.2. The summed E-state index contributed by atoms with van der Waals surface area (Å²) < 4.78 is 5.64. The van der Waals surface area contributed by atoms with E-state index in [0.29, 0.717) is 11.5 Å². The molecule has 0 spiro atoms. The fraction of sp³-hybridized carbons (Fsp3) is 0.579. The Kier molecular flexibility index (Phi) is 8.38. The molecule has 0 bridgehead atoms. The fourth-order valence-electron chi connectivity index (χ4n) is 2.52. The van der Waals surface area contributed by atoms with E-state index in [0.717, 1.165) is 25.7 Å². The van der Waals surface area contributed by atoms with Crippen molar-refractivity contribution in [3.63, 3.8) is 0 Å². The van der Waals surface area contributed by atoms with Crippen molar-refractivity contribution in [1.29, 1.82) is 0 Å². The molecular weight excluding hydrogens is 292 g/mol. The zero-order chi connectivity index (χ0) is 17.2. The number of carboxylic acids is 1. The molecule has 4 nitrogen and oxygen atoms in total. The predicted molar refractivity (Wildman–Crippen MR) is 90.8 cm³/mol. The van der Waals surface area contributed by atoms with Crippen LogP contribution in [0.5, 0.6) is 0 Å². The van der Waals surface area contributed by atoms with E-state index in [1.807, 2.05) is 0 Å². The van der Waals surface area contributed by atoms with Gasteiger partial charge in [0.05, 0.1) is 11.1 Å². The summed E-state index contributed by atoms with van der Waals surface area (Å²) in [6, 6.07) is 5.87. The van der Waals surface area contributed by atoms with Crippen molar-refractivity contribution in [1.82, 2.24) is 0 Å². The molecule has 0 saturated carbocycles. The van der Waals surface area contributed by atoms with E-state index in [1.54, 1.807) is 0 Å². The summed E-state index contributed by atoms with van der Waals surface area (Å²) in [5, 5.41) is 8.88. The van der Waals surface area contributed by atoms with Gasteiger partial charge in [0.15, 0.2) is 0 Å². The maximum atomic E-state index is 12.2. The first-order valence-corrected chi connectivity index (χ1v) is 8.48. The molecule has 1 rings (SSSR count). The van der Waals surface area contributed by atoms with Crippen LogP contribution in [0.25, 0.3) is 0 Å². The van der Waals surface area contributed by atoms with Gasteiger partial charge in [-0.1, -0.05) is 40.0 Å². The first-order chi connectivity index (χ1) is 10.9. The number of carbonyl (C=O) groups excluding carboxylic acids is 1. The number of carboxylic acid groups (broad SMARTS) is 1. The molecule has 0 fully saturated rings. The smallest absolute Gasteiger partial charge is 0.338 e. The molecule has 23 heavy (non-hydrogen) atoms. The normalized spacial score (nSPS) is 12.2. The predicted octanol–water partition coefficient (Wildman–Crippen LogP) is 4.93. The second-order valence-electron chi connectivity index (χ2n) is 6.39. The summed E-state index contributed by atoms with van der Waals surface area (Å²) >= 11 is 0. The topological polar surface area (TPSA) is 63.6 Å². The van der Waals surface area contributed by atoms with Crippen LogP contribution in [0, 0.1) is 5.92 Å². The molecule has 1 unspecified atom stereocenters. The third-order valence-electron chi connectivity index (χ3n) is 3.76. The molecule has 0 heterocycles. The van der Waals surface area contributed by atoms with Crippen molar-refractivity contribution in [3.05, 3.63) is 35.4 Å². The average molecular weight is 320 g/mol. The number of benzene rings is 1. The third kappa shape index (κ3) is 7.31. The van der Waals surface area contributed by atoms with Gasteiger partial charge in [-0.05, 0) is 49.4 Å². The largest absolute Gasteiger partial charge is 0.478 e. The molecule has 128 valence electrons. The van der Waals surface area contributed by atoms with Crippen LogP contribution in [0.1, 0.15) is 80.0 Å². The maximum Gasteiger partial charge on any atom is 0.338 e. The highest BCUT2D eigenvalue weighted by molar-refractivity contribution is 5.92. The molecule has 1 N–H and O–H groups in total. The van der Waals surface area contributed by atoms with Gasteiger partial charge in [0.2, 0.25) is 0 Å². The van der Waals surface area contributed by atoms with E-state index in [9.17, 15) is 9.59 Å². The Morgan fingerprint density at radius 2 is 1.65 bits per heavy atom. The van der Waals surface area contributed by atoms with Crippen molar-refractivity contribution in [2.45, 2.75) is 65.4 Å². The molecule has 1 atom stereocenters. The Hall–Kier alpha value is -1.84. The standard InChI is InChI=1S/C19H28O4/c1-4-5-6-7-8-17(13-14(2)3)23-19(22)16-11-9-15(10-12-16)18(20)21/h9-12,14,17H,4-8,13H2,1-3H3,(H,20,21). The van der Waals surface area contributed by atoms with Gasteiger partial charge in [-0.3, -0.25) is 0 Å². The number of esters is 1. The zero-order valence-electron chi connectivity index (χ0n) is 14.4. The second kappa shape index (κ2) is 10.0. The Balaban J connectivity index is 2.61. The van der Waals surface area contributed by atoms with Crippen LogP contribution >= 0.6 is 0 Å². The number of unbranched alkanes of at least 4 members (excludes halogenated alkanes) is 3. The molecule has 0 amide bonds. The highest BCUT2D eigenvalue weighted by atomic mass is 16.5. The Morgan fingerprint density at radius 1 is 1.04 bits per heavy atom. The molecular formula is C19H28O4. The van der Waals surface area contributed by atoms with Gasteiger partial charge >= 0.3 is 11.9 Å². The molecule has 0 aliphatic rings. The number of hydrogen-bond donors (Lipinski definition) is 1. The van der Waals surface area contributed by atoms with Crippen LogP contribution in [-0.2, 0) is 4.74 Å². The van der Waals surface area contributed by atoms with Crippen molar-refractivity contribution in [2.75, 3.05) is 0 Å². The van der Waals surface area contributed by atoms with E-state index in [2.05, 4.69) is 20.8 Å². The highest BCUT2D eigenvalue weighted by Crippen LogP contribution is 2.18. The molecule has 1 aromatic rings. The monoisotopic (exact) mass is 320 g/mol. The molecule has 0 aliphatic carbocycles. The number of carbonyl (C=O) groups is 2. The minimum absolute atomic E-state index is 0.0708. The van der Waals surface area contributed by atoms with Crippen molar-refractivity contribution in [3.8, 4) is 0 Å². The van der Waals surface area contributed by atoms with Gasteiger partial charge in [-0.2, -0.15) is 0 Å². The van der Waals surface area contributed by atoms with Gasteiger partial charge in [0, 0.05) is 0 Å². The van der Waals surface area contributed by atoms with E-state index in [-0.39, 0.29) is 17.6 Å². The maximum absolute atomic E-state index is 12.2. The summed E-state index contributed by atoms with van der Waals surface area (Å²) in [6.45, 7) is 6.41. The SMILES string of the molecule is CCCCCCC(CC(C)C)OC(=O)c1ccc(C(=O)O)cc1. The van der Waals surface area contributed by atoms with Crippen LogP contribution < -0.4 is 0 Å². The van der Waals surface area contributed by atoms with Gasteiger partial charge < -0.3 is 9.84 Å². The van der Waals surface area contributed by atoms with E-state index < -0.39 is 5.97 Å². The lowest BCUT2D eigenvalue weighted by Gasteiger charge is -2.20. The first-order valence-electron chi connectivity index (χ1n) is 8.48. The minimum atomic E-state index is -1.00. The van der Waals surface area contributed by atoms with E-state index in [4.69, 9.17) is 9.84 Å². The van der Waals surface area contributed by atoms with Gasteiger partial charge in [-0.15, -0.1) is 0 Å². The van der Waals surface area contributed by atoms with Crippen LogP contribution in [-0.4, -0.2) is 23.1 Å². The van der Waals surface area contributed by atoms with Crippen LogP contribution in [0.2, 0.25) is 0 Å². The quantitative estimate of drug-likeness (QED) is 0.490. The van der Waals surface area contributed by atoms with Crippen LogP contribution in [0.4, 0.5) is 0 Å². The molecule has 0 aromatic heterocycles. The lowest BCUT2D eigenvalue weighted by molar-refractivity contribution is 0.0225. The average Bonchev–Trinajstić information content (AvgIpc) is 2.51. The minimum Gasteiger partial charge on any atom is -0.478 e. The number of aromatic carboxylic acids is 1. The summed E-state index contributed by atoms with van der Waals surface area (Å²) in [6.07, 6.45) is 6.29. The third-order valence-corrected chi connectivity index (χ3v) is 3.76. The van der Waals surface area contributed by atoms with E-state index in [1.165, 1.54) is 37.1 Å². The van der Waals surface area contributed by atoms with Crippen molar-refractivity contribution >= 4 is 11.9 Å². The summed E-state index contributed by atoms with van der Waals surface area (Å²) in [4.78, 5) is 23.1. The lowest BCUT2D eigenvalue weighted by atomic mass is 10.0. The molecule has 0 radical (unpaired) electrons.